The number of hydrogen-bond donors (Lipinski definition) is 2. The van der Waals surface area contributed by atoms with Crippen LogP contribution < -0.4 is 10.8 Å². The van der Waals surface area contributed by atoms with E-state index in [1.165, 1.54) is 0 Å². The third-order valence-electron chi connectivity index (χ3n) is 2.60. The fourth-order valence-electron chi connectivity index (χ4n) is 1.86. The Morgan fingerprint density at radius 1 is 1.53 bits per heavy atom. The average Bonchev–Trinajstić information content (AvgIpc) is 2.38. The zero-order valence-corrected chi connectivity index (χ0v) is 8.65. The number of carbonyl (C=O) groups is 1. The van der Waals surface area contributed by atoms with Crippen LogP contribution in [0.5, 0.6) is 0 Å². The predicted molar refractivity (Wildman–Crippen MR) is 57.8 cm³/mol. The van der Waals surface area contributed by atoms with Gasteiger partial charge in [-0.2, -0.15) is 0 Å². The topological polar surface area (TPSA) is 58.6 Å². The van der Waals surface area contributed by atoms with Gasteiger partial charge >= 0.3 is 7.12 Å². The largest absolute Gasteiger partial charge is 0.492 e. The molecule has 1 heterocycles. The summed E-state index contributed by atoms with van der Waals surface area (Å²) < 4.78 is 5.39. The highest BCUT2D eigenvalue weighted by atomic mass is 16.5. The quantitative estimate of drug-likeness (QED) is 0.535. The van der Waals surface area contributed by atoms with Gasteiger partial charge in [-0.05, 0) is 37.0 Å². The highest BCUT2D eigenvalue weighted by Crippen LogP contribution is 2.31. The highest BCUT2D eigenvalue weighted by molar-refractivity contribution is 6.62. The molecule has 1 aliphatic rings. The number of carbonyl (C=O) groups excluding carboxylic acids is 1. The fourth-order valence-corrected chi connectivity index (χ4v) is 1.86. The van der Waals surface area contributed by atoms with Gasteiger partial charge < -0.3 is 15.0 Å². The highest BCUT2D eigenvalue weighted by Gasteiger charge is 2.40. The first-order valence-electron chi connectivity index (χ1n) is 4.75. The van der Waals surface area contributed by atoms with E-state index in [2.05, 4.69) is 5.32 Å². The van der Waals surface area contributed by atoms with E-state index in [1.807, 2.05) is 19.9 Å². The molecule has 2 rings (SSSR count). The Kier molecular flexibility index (Phi) is 2.29. The van der Waals surface area contributed by atoms with Gasteiger partial charge in [0.05, 0.1) is 5.60 Å². The molecule has 78 valence electrons. The standard InChI is InChI=1S/C10H12BNO3/c1-10(2)8-5-7(12-6-13)3-4-9(8)11(14)15-10/h3-6,14H,1-2H3,(H,12,13). The van der Waals surface area contributed by atoms with Crippen LogP contribution in [0.1, 0.15) is 19.4 Å². The lowest BCUT2D eigenvalue weighted by molar-refractivity contribution is -0.105. The minimum Gasteiger partial charge on any atom is -0.423 e. The molecule has 0 saturated carbocycles. The lowest BCUT2D eigenvalue weighted by atomic mass is 9.78. The zero-order chi connectivity index (χ0) is 11.1. The van der Waals surface area contributed by atoms with Gasteiger partial charge in [0, 0.05) is 5.69 Å². The van der Waals surface area contributed by atoms with Crippen LogP contribution in [0.3, 0.4) is 0 Å². The average molecular weight is 205 g/mol. The first-order chi connectivity index (χ1) is 7.04. The van der Waals surface area contributed by atoms with E-state index in [1.54, 1.807) is 12.1 Å². The predicted octanol–water partition coefficient (Wildman–Crippen LogP) is 0.208. The summed E-state index contributed by atoms with van der Waals surface area (Å²) >= 11 is 0. The maximum Gasteiger partial charge on any atom is 0.492 e. The molecule has 1 aromatic rings. The summed E-state index contributed by atoms with van der Waals surface area (Å²) in [7, 11) is -0.875. The van der Waals surface area contributed by atoms with E-state index in [4.69, 9.17) is 4.65 Å². The number of rotatable bonds is 2. The van der Waals surface area contributed by atoms with Gasteiger partial charge in [0.2, 0.25) is 6.41 Å². The van der Waals surface area contributed by atoms with Crippen LogP contribution >= 0.6 is 0 Å². The molecule has 0 bridgehead atoms. The maximum absolute atomic E-state index is 10.3. The van der Waals surface area contributed by atoms with E-state index in [-0.39, 0.29) is 0 Å². The van der Waals surface area contributed by atoms with Crippen LogP contribution in [0.25, 0.3) is 0 Å². The minimum atomic E-state index is -0.875. The second-order valence-corrected chi connectivity index (χ2v) is 4.04. The molecular weight excluding hydrogens is 193 g/mol. The maximum atomic E-state index is 10.3. The van der Waals surface area contributed by atoms with Crippen molar-refractivity contribution in [2.45, 2.75) is 19.4 Å². The van der Waals surface area contributed by atoms with Gasteiger partial charge in [-0.25, -0.2) is 0 Å². The SMILES string of the molecule is CC1(C)OB(O)c2ccc(NC=O)cc21. The summed E-state index contributed by atoms with van der Waals surface area (Å²) in [6.07, 6.45) is 0.626. The van der Waals surface area contributed by atoms with E-state index in [9.17, 15) is 9.82 Å². The Bertz CT molecular complexity index is 406. The summed E-state index contributed by atoms with van der Waals surface area (Å²) in [6, 6.07) is 5.32. The zero-order valence-electron chi connectivity index (χ0n) is 8.65. The van der Waals surface area contributed by atoms with Crippen molar-refractivity contribution in [3.05, 3.63) is 23.8 Å². The van der Waals surface area contributed by atoms with Gasteiger partial charge in [-0.1, -0.05) is 6.07 Å². The molecule has 1 aliphatic heterocycles. The summed E-state index contributed by atoms with van der Waals surface area (Å²) in [4.78, 5) is 10.3. The Balaban J connectivity index is 2.47. The third-order valence-corrected chi connectivity index (χ3v) is 2.60. The van der Waals surface area contributed by atoms with Crippen LogP contribution in [0.15, 0.2) is 18.2 Å². The van der Waals surface area contributed by atoms with Gasteiger partial charge in [-0.3, -0.25) is 4.79 Å². The van der Waals surface area contributed by atoms with Gasteiger partial charge in [0.25, 0.3) is 0 Å². The van der Waals surface area contributed by atoms with Gasteiger partial charge in [0.1, 0.15) is 0 Å². The number of anilines is 1. The van der Waals surface area contributed by atoms with Crippen molar-refractivity contribution >= 4 is 24.7 Å². The molecule has 1 aromatic carbocycles. The molecule has 1 amide bonds. The minimum absolute atomic E-state index is 0.519. The number of fused-ring (bicyclic) bond motifs is 1. The Morgan fingerprint density at radius 3 is 2.93 bits per heavy atom. The molecule has 0 radical (unpaired) electrons. The van der Waals surface area contributed by atoms with Crippen molar-refractivity contribution in [1.29, 1.82) is 0 Å². The molecule has 2 N–H and O–H groups in total. The van der Waals surface area contributed by atoms with E-state index in [0.29, 0.717) is 12.1 Å². The molecule has 0 spiro atoms. The Labute approximate surface area is 88.4 Å². The summed E-state index contributed by atoms with van der Waals surface area (Å²) in [5.41, 5.74) is 1.85. The fraction of sp³-hybridized carbons (Fsp3) is 0.300. The van der Waals surface area contributed by atoms with Crippen LogP contribution in [0, 0.1) is 0 Å². The smallest absolute Gasteiger partial charge is 0.423 e. The molecule has 0 aromatic heterocycles. The van der Waals surface area contributed by atoms with Crippen LogP contribution in [-0.4, -0.2) is 18.6 Å². The van der Waals surface area contributed by atoms with Crippen LogP contribution in [0.4, 0.5) is 5.69 Å². The second kappa shape index (κ2) is 3.36. The third kappa shape index (κ3) is 1.64. The molecule has 0 atom stereocenters. The van der Waals surface area contributed by atoms with Crippen molar-refractivity contribution in [2.24, 2.45) is 0 Å². The van der Waals surface area contributed by atoms with E-state index >= 15 is 0 Å². The monoisotopic (exact) mass is 205 g/mol. The molecule has 15 heavy (non-hydrogen) atoms. The Morgan fingerprint density at radius 2 is 2.27 bits per heavy atom. The van der Waals surface area contributed by atoms with E-state index in [0.717, 1.165) is 11.0 Å². The van der Waals surface area contributed by atoms with Crippen molar-refractivity contribution in [1.82, 2.24) is 0 Å². The normalized spacial score (nSPS) is 17.4. The summed E-state index contributed by atoms with van der Waals surface area (Å²) in [6.45, 7) is 3.76. The molecule has 5 heteroatoms. The molecule has 0 aliphatic carbocycles. The lowest BCUT2D eigenvalue weighted by Gasteiger charge is -2.20. The van der Waals surface area contributed by atoms with Crippen molar-refractivity contribution in [3.63, 3.8) is 0 Å². The molecule has 4 nitrogen and oxygen atoms in total. The molecule has 0 saturated heterocycles. The number of nitrogens with one attached hydrogen (secondary N) is 1. The summed E-state index contributed by atoms with van der Waals surface area (Å²) in [5.74, 6) is 0. The molecule has 0 unspecified atom stereocenters. The molecule has 0 fully saturated rings. The van der Waals surface area contributed by atoms with Crippen molar-refractivity contribution in [2.75, 3.05) is 5.32 Å². The number of benzene rings is 1. The number of hydrogen-bond acceptors (Lipinski definition) is 3. The van der Waals surface area contributed by atoms with Gasteiger partial charge in [0.15, 0.2) is 0 Å². The van der Waals surface area contributed by atoms with Crippen LogP contribution in [0.2, 0.25) is 0 Å². The van der Waals surface area contributed by atoms with Crippen LogP contribution in [-0.2, 0) is 15.0 Å². The number of amides is 1. The van der Waals surface area contributed by atoms with Gasteiger partial charge in [-0.15, -0.1) is 0 Å². The van der Waals surface area contributed by atoms with Crippen molar-refractivity contribution < 1.29 is 14.5 Å². The second-order valence-electron chi connectivity index (χ2n) is 4.04. The summed E-state index contributed by atoms with van der Waals surface area (Å²) in [5, 5.41) is 12.2. The first-order valence-corrected chi connectivity index (χ1v) is 4.75. The molecular formula is C10H12BNO3. The first kappa shape index (κ1) is 10.2. The van der Waals surface area contributed by atoms with Crippen molar-refractivity contribution in [3.8, 4) is 0 Å². The van der Waals surface area contributed by atoms with E-state index < -0.39 is 12.7 Å². The lowest BCUT2D eigenvalue weighted by Crippen LogP contribution is -2.28. The Hall–Kier alpha value is -1.33.